The quantitative estimate of drug-likeness (QED) is 0.0751. The minimum atomic E-state index is -1.46. The van der Waals surface area contributed by atoms with Gasteiger partial charge in [0.05, 0.1) is 53.3 Å². The van der Waals surface area contributed by atoms with Gasteiger partial charge in [-0.25, -0.2) is 4.79 Å². The lowest BCUT2D eigenvalue weighted by molar-refractivity contribution is -0.322. The molecule has 70 heavy (non-hydrogen) atoms. The summed E-state index contributed by atoms with van der Waals surface area (Å²) in [6, 6.07) is 7.02. The van der Waals surface area contributed by atoms with Gasteiger partial charge in [0.1, 0.15) is 18.8 Å². The number of halogens is 1. The van der Waals surface area contributed by atoms with Crippen LogP contribution in [0.3, 0.4) is 0 Å². The van der Waals surface area contributed by atoms with E-state index >= 15 is 0 Å². The Labute approximate surface area is 420 Å². The van der Waals surface area contributed by atoms with Crippen molar-refractivity contribution < 1.29 is 71.3 Å². The zero-order valence-electron chi connectivity index (χ0n) is 44.1. The van der Waals surface area contributed by atoms with Gasteiger partial charge in [-0.1, -0.05) is 62.7 Å². The third-order valence-corrected chi connectivity index (χ3v) is 15.4. The molecule has 0 aromatic heterocycles. The highest BCUT2D eigenvalue weighted by Crippen LogP contribution is 2.45. The Morgan fingerprint density at radius 2 is 1.59 bits per heavy atom. The molecule has 0 radical (unpaired) electrons. The minimum absolute atomic E-state index is 0.0452. The monoisotopic (exact) mass is 1010 g/mol. The van der Waals surface area contributed by atoms with Gasteiger partial charge in [0.2, 0.25) is 0 Å². The molecule has 0 spiro atoms. The minimum Gasteiger partial charge on any atom is -0.458 e. The zero-order valence-corrected chi connectivity index (χ0v) is 44.9. The highest BCUT2D eigenvalue weighted by atomic mass is 35.5. The lowest BCUT2D eigenvalue weighted by atomic mass is 9.73. The van der Waals surface area contributed by atoms with Crippen molar-refractivity contribution in [2.24, 2.45) is 34.6 Å². The van der Waals surface area contributed by atoms with Crippen LogP contribution in [0.25, 0.3) is 0 Å². The van der Waals surface area contributed by atoms with E-state index < -0.39 is 114 Å². The largest absolute Gasteiger partial charge is 0.509 e. The number of hydrogen-bond acceptors (Lipinski definition) is 18. The summed E-state index contributed by atoms with van der Waals surface area (Å²) in [6.45, 7) is 21.1. The molecule has 0 amide bonds. The van der Waals surface area contributed by atoms with Crippen LogP contribution in [0.15, 0.2) is 29.4 Å². The second-order valence-corrected chi connectivity index (χ2v) is 21.0. The number of oxime groups is 1. The maximum Gasteiger partial charge on any atom is 0.509 e. The van der Waals surface area contributed by atoms with E-state index in [2.05, 4.69) is 0 Å². The van der Waals surface area contributed by atoms with Crippen LogP contribution in [-0.2, 0) is 73.1 Å². The van der Waals surface area contributed by atoms with E-state index in [0.717, 1.165) is 0 Å². The van der Waals surface area contributed by atoms with E-state index in [9.17, 15) is 14.4 Å². The summed E-state index contributed by atoms with van der Waals surface area (Å²) in [7, 11) is 7.05. The van der Waals surface area contributed by atoms with E-state index in [1.54, 1.807) is 34.1 Å². The molecule has 18 atom stereocenters. The van der Waals surface area contributed by atoms with Crippen molar-refractivity contribution >= 4 is 35.4 Å². The summed E-state index contributed by atoms with van der Waals surface area (Å²) in [5.74, 6) is -3.98. The molecule has 1 aromatic rings. The normalized spacial score (nSPS) is 40.4. The number of nitrogens with two attached hydrogens (primary N) is 1. The molecule has 398 valence electrons. The number of hydrogen-bond donors (Lipinski definition) is 1. The molecule has 0 bridgehead atoms. The van der Waals surface area contributed by atoms with Gasteiger partial charge in [0, 0.05) is 62.5 Å². The van der Waals surface area contributed by atoms with Crippen molar-refractivity contribution in [1.82, 2.24) is 4.90 Å². The van der Waals surface area contributed by atoms with Gasteiger partial charge in [-0.15, -0.1) is 0 Å². The molecule has 4 aliphatic rings. The zero-order chi connectivity index (χ0) is 51.9. The number of methoxy groups -OCH3 is 2. The van der Waals surface area contributed by atoms with Crippen LogP contribution in [0.5, 0.6) is 0 Å². The Kier molecular flexibility index (Phi) is 20.4. The third-order valence-electron chi connectivity index (χ3n) is 15.0. The Hall–Kier alpha value is -3.17. The number of benzene rings is 1. The first-order chi connectivity index (χ1) is 33.0. The number of fused-ring (bicyclic) bond motifs is 1. The molecular formula is C51H82ClN3O15. The number of esters is 2. The van der Waals surface area contributed by atoms with Crippen LogP contribution < -0.4 is 5.73 Å². The Balaban J connectivity index is 1.69. The van der Waals surface area contributed by atoms with Gasteiger partial charge in [0.15, 0.2) is 30.4 Å². The molecule has 4 fully saturated rings. The average Bonchev–Trinajstić information content (AvgIpc) is 3.62. The number of carbonyl (C=O) groups is 3. The number of ether oxygens (including phenoxy) is 11. The summed E-state index contributed by atoms with van der Waals surface area (Å²) in [6.07, 6.45) is -7.04. The SMILES string of the molecule is CC[C@H]1OC(=O)[C@H](C)[C@@H](O[C@H]2C[C@@](C)(OC)[C@@H](OCCCN)[C@H](C)O2)[C@H](C)[C@@H](O[C@@H]2O[C@H](C)C[C@H](N(C)C)[C@H]2OC(C)=O)[C@](C)(OC)C[C@@H](C)C(=NOCc2ccccc2Cl)[C@H](C)[C@H]2OC(=O)O[C@@]21C. The van der Waals surface area contributed by atoms with E-state index in [4.69, 9.17) is 79.4 Å². The summed E-state index contributed by atoms with van der Waals surface area (Å²) in [4.78, 5) is 49.2. The second kappa shape index (κ2) is 24.7. The van der Waals surface area contributed by atoms with Crippen molar-refractivity contribution in [2.75, 3.05) is 41.5 Å². The molecule has 4 heterocycles. The lowest BCUT2D eigenvalue weighted by Gasteiger charge is -2.50. The number of rotatable bonds is 16. The predicted octanol–water partition coefficient (Wildman–Crippen LogP) is 7.22. The second-order valence-electron chi connectivity index (χ2n) is 20.6. The van der Waals surface area contributed by atoms with Gasteiger partial charge in [0.25, 0.3) is 0 Å². The first-order valence-corrected chi connectivity index (χ1v) is 25.3. The van der Waals surface area contributed by atoms with Crippen LogP contribution in [0.4, 0.5) is 4.79 Å². The first-order valence-electron chi connectivity index (χ1n) is 24.9. The lowest BCUT2D eigenvalue weighted by Crippen LogP contribution is -2.62. The number of nitrogens with zero attached hydrogens (tertiary/aromatic N) is 2. The van der Waals surface area contributed by atoms with Crippen LogP contribution in [0.1, 0.15) is 114 Å². The summed E-state index contributed by atoms with van der Waals surface area (Å²) in [5.41, 5.74) is 3.45. The highest BCUT2D eigenvalue weighted by molar-refractivity contribution is 6.31. The van der Waals surface area contributed by atoms with Crippen LogP contribution in [-0.4, -0.2) is 154 Å². The van der Waals surface area contributed by atoms with E-state index in [1.807, 2.05) is 92.6 Å². The Bertz CT molecular complexity index is 1930. The van der Waals surface area contributed by atoms with Crippen LogP contribution in [0, 0.1) is 23.7 Å². The molecule has 1 aromatic carbocycles. The fourth-order valence-electron chi connectivity index (χ4n) is 11.1. The fourth-order valence-corrected chi connectivity index (χ4v) is 11.3. The fraction of sp³-hybridized carbons (Fsp3) is 0.804. The number of carbonyl (C=O) groups excluding carboxylic acids is 3. The van der Waals surface area contributed by atoms with Crippen LogP contribution >= 0.6 is 11.6 Å². The van der Waals surface area contributed by atoms with Gasteiger partial charge in [-0.2, -0.15) is 0 Å². The van der Waals surface area contributed by atoms with Crippen molar-refractivity contribution in [2.45, 2.75) is 199 Å². The molecule has 19 heteroatoms. The van der Waals surface area contributed by atoms with Crippen molar-refractivity contribution in [3.63, 3.8) is 0 Å². The molecule has 18 nitrogen and oxygen atoms in total. The summed E-state index contributed by atoms with van der Waals surface area (Å²) in [5, 5.41) is 5.30. The van der Waals surface area contributed by atoms with Crippen molar-refractivity contribution in [3.05, 3.63) is 34.9 Å². The van der Waals surface area contributed by atoms with E-state index in [0.29, 0.717) is 42.3 Å². The summed E-state index contributed by atoms with van der Waals surface area (Å²) >= 11 is 6.54. The van der Waals surface area contributed by atoms with Gasteiger partial charge in [-0.05, 0) is 93.9 Å². The highest BCUT2D eigenvalue weighted by Gasteiger charge is 2.59. The average molecular weight is 1010 g/mol. The standard InChI is InChI=1S/C51H82ClN3O15/c1-16-38-51(11)44(69-48(58)70-51)30(4)40(54-62-27-35-20-17-18-21-36(35)52)28(2)25-49(9,59-14)43(68-47-42(65-34(8)56)37(55(12)13)24-29(3)63-47)31(5)41(32(6)46(57)66-38)67-39-26-50(10,60-15)45(33(7)64-39)61-23-19-22-53/h17-18,20-21,28-33,37-39,41-45,47H,16,19,22-27,53H2,1-15H3/t28-,29-,30+,31+,32-,33+,37+,38-,39+,41+,42-,43-,44-,45+,47+,49-,50-,51-/m1/s1. The number of likely N-dealkylation sites (N-methyl/N-ethyl adjacent to an activating group) is 1. The predicted molar refractivity (Wildman–Crippen MR) is 260 cm³/mol. The topological polar surface area (TPSA) is 204 Å². The Morgan fingerprint density at radius 3 is 2.20 bits per heavy atom. The maximum absolute atomic E-state index is 15.0. The van der Waals surface area contributed by atoms with E-state index in [-0.39, 0.29) is 38.0 Å². The van der Waals surface area contributed by atoms with Crippen molar-refractivity contribution in [3.8, 4) is 0 Å². The first kappa shape index (κ1) is 57.7. The van der Waals surface area contributed by atoms with Crippen LogP contribution in [0.2, 0.25) is 5.02 Å². The molecule has 2 N–H and O–H groups in total. The summed E-state index contributed by atoms with van der Waals surface area (Å²) < 4.78 is 71.2. The molecule has 0 saturated carbocycles. The molecular weight excluding hydrogens is 930 g/mol. The molecule has 4 saturated heterocycles. The van der Waals surface area contributed by atoms with Gasteiger partial charge < -0.3 is 67.6 Å². The third kappa shape index (κ3) is 13.1. The smallest absolute Gasteiger partial charge is 0.458 e. The van der Waals surface area contributed by atoms with Crippen molar-refractivity contribution in [1.29, 1.82) is 0 Å². The Morgan fingerprint density at radius 1 is 0.914 bits per heavy atom. The number of cyclic esters (lactones) is 1. The van der Waals surface area contributed by atoms with E-state index in [1.165, 1.54) is 6.92 Å². The molecule has 0 aliphatic carbocycles. The molecule has 0 unspecified atom stereocenters. The van der Waals surface area contributed by atoms with Gasteiger partial charge in [-0.3, -0.25) is 9.59 Å². The van der Waals surface area contributed by atoms with Gasteiger partial charge >= 0.3 is 18.1 Å². The molecule has 4 aliphatic heterocycles. The molecule has 5 rings (SSSR count). The maximum atomic E-state index is 15.0.